The lowest BCUT2D eigenvalue weighted by Gasteiger charge is -2.08. The maximum absolute atomic E-state index is 12.6. The number of fused-ring (bicyclic) bond motifs is 1. The highest BCUT2D eigenvalue weighted by molar-refractivity contribution is 7.89. The Bertz CT molecular complexity index is 1280. The van der Waals surface area contributed by atoms with Gasteiger partial charge in [-0.2, -0.15) is 0 Å². The van der Waals surface area contributed by atoms with Gasteiger partial charge in [0.15, 0.2) is 0 Å². The fourth-order valence-electron chi connectivity index (χ4n) is 2.99. The standard InChI is InChI=1S/C22H19N3O3S2/c1-2-23-30(27,28)18-12-10-15(11-13-18)21(26)24-17-7-5-6-16(14-17)22-25-19-8-3-4-9-20(19)29-22/h3-14,23H,2H2,1H3,(H,24,26). The molecule has 1 amide bonds. The number of hydrogen-bond donors (Lipinski definition) is 2. The highest BCUT2D eigenvalue weighted by atomic mass is 32.2. The van der Waals surface area contributed by atoms with Gasteiger partial charge in [0.05, 0.1) is 15.1 Å². The van der Waals surface area contributed by atoms with Crippen LogP contribution < -0.4 is 10.0 Å². The van der Waals surface area contributed by atoms with E-state index >= 15 is 0 Å². The molecule has 0 aliphatic carbocycles. The molecular weight excluding hydrogens is 418 g/mol. The normalized spacial score (nSPS) is 11.5. The van der Waals surface area contributed by atoms with Crippen molar-refractivity contribution in [3.8, 4) is 10.6 Å². The quantitative estimate of drug-likeness (QED) is 0.464. The van der Waals surface area contributed by atoms with E-state index in [1.54, 1.807) is 24.3 Å². The second kappa shape index (κ2) is 8.35. The molecule has 0 aliphatic heterocycles. The van der Waals surface area contributed by atoms with Crippen LogP contribution in [0.5, 0.6) is 0 Å². The van der Waals surface area contributed by atoms with Crippen molar-refractivity contribution in [2.75, 3.05) is 11.9 Å². The summed E-state index contributed by atoms with van der Waals surface area (Å²) in [5.41, 5.74) is 2.87. The topological polar surface area (TPSA) is 88.2 Å². The SMILES string of the molecule is CCNS(=O)(=O)c1ccc(C(=O)Nc2cccc(-c3nc4ccccc4s3)c2)cc1. The van der Waals surface area contributed by atoms with Gasteiger partial charge in [0.2, 0.25) is 10.0 Å². The summed E-state index contributed by atoms with van der Waals surface area (Å²) in [6, 6.07) is 21.3. The third kappa shape index (κ3) is 4.25. The molecule has 152 valence electrons. The molecule has 2 N–H and O–H groups in total. The summed E-state index contributed by atoms with van der Waals surface area (Å²) >= 11 is 1.60. The first-order chi connectivity index (χ1) is 14.5. The molecule has 8 heteroatoms. The summed E-state index contributed by atoms with van der Waals surface area (Å²) in [4.78, 5) is 17.4. The Morgan fingerprint density at radius 2 is 1.77 bits per heavy atom. The van der Waals surface area contributed by atoms with Gasteiger partial charge in [-0.3, -0.25) is 4.79 Å². The summed E-state index contributed by atoms with van der Waals surface area (Å²) in [5.74, 6) is -0.316. The summed E-state index contributed by atoms with van der Waals surface area (Å²) < 4.78 is 27.6. The number of nitrogens with zero attached hydrogens (tertiary/aromatic N) is 1. The molecule has 6 nitrogen and oxygen atoms in total. The van der Waals surface area contributed by atoms with E-state index in [9.17, 15) is 13.2 Å². The first kappa shape index (κ1) is 20.2. The zero-order valence-electron chi connectivity index (χ0n) is 16.1. The molecule has 4 aromatic rings. The van der Waals surface area contributed by atoms with Gasteiger partial charge in [-0.25, -0.2) is 18.1 Å². The van der Waals surface area contributed by atoms with E-state index in [4.69, 9.17) is 0 Å². The van der Waals surface area contributed by atoms with Crippen LogP contribution in [-0.2, 0) is 10.0 Å². The van der Waals surface area contributed by atoms with E-state index in [0.29, 0.717) is 17.8 Å². The number of benzene rings is 3. The fraction of sp³-hybridized carbons (Fsp3) is 0.0909. The van der Waals surface area contributed by atoms with Crippen LogP contribution in [0.4, 0.5) is 5.69 Å². The van der Waals surface area contributed by atoms with Gasteiger partial charge in [0.1, 0.15) is 5.01 Å². The lowest BCUT2D eigenvalue weighted by molar-refractivity contribution is 0.102. The average molecular weight is 438 g/mol. The van der Waals surface area contributed by atoms with Crippen LogP contribution in [0.25, 0.3) is 20.8 Å². The Balaban J connectivity index is 1.53. The molecule has 30 heavy (non-hydrogen) atoms. The van der Waals surface area contributed by atoms with Gasteiger partial charge in [-0.1, -0.05) is 31.2 Å². The molecule has 0 bridgehead atoms. The van der Waals surface area contributed by atoms with E-state index < -0.39 is 10.0 Å². The number of sulfonamides is 1. The van der Waals surface area contributed by atoms with Gasteiger partial charge >= 0.3 is 0 Å². The molecule has 0 radical (unpaired) electrons. The fourth-order valence-corrected chi connectivity index (χ4v) is 4.99. The molecule has 1 heterocycles. The van der Waals surface area contributed by atoms with Crippen molar-refractivity contribution in [2.45, 2.75) is 11.8 Å². The summed E-state index contributed by atoms with van der Waals surface area (Å²) in [6.07, 6.45) is 0. The number of rotatable bonds is 6. The largest absolute Gasteiger partial charge is 0.322 e. The van der Waals surface area contributed by atoms with E-state index in [-0.39, 0.29) is 10.8 Å². The average Bonchev–Trinajstić information content (AvgIpc) is 3.18. The lowest BCUT2D eigenvalue weighted by Crippen LogP contribution is -2.23. The lowest BCUT2D eigenvalue weighted by atomic mass is 10.2. The number of carbonyl (C=O) groups excluding carboxylic acids is 1. The minimum atomic E-state index is -3.55. The van der Waals surface area contributed by atoms with Crippen LogP contribution in [-0.4, -0.2) is 25.9 Å². The minimum Gasteiger partial charge on any atom is -0.322 e. The molecule has 3 aromatic carbocycles. The Hall–Kier alpha value is -3.07. The van der Waals surface area contributed by atoms with E-state index in [2.05, 4.69) is 15.0 Å². The highest BCUT2D eigenvalue weighted by Crippen LogP contribution is 2.31. The first-order valence-corrected chi connectivity index (χ1v) is 11.6. The van der Waals surface area contributed by atoms with E-state index in [1.807, 2.05) is 42.5 Å². The molecule has 0 unspecified atom stereocenters. The molecule has 0 aliphatic rings. The van der Waals surface area contributed by atoms with Gasteiger partial charge in [-0.15, -0.1) is 11.3 Å². The maximum Gasteiger partial charge on any atom is 0.255 e. The summed E-state index contributed by atoms with van der Waals surface area (Å²) in [7, 11) is -3.55. The first-order valence-electron chi connectivity index (χ1n) is 9.33. The number of para-hydroxylation sites is 1. The number of nitrogens with one attached hydrogen (secondary N) is 2. The van der Waals surface area contributed by atoms with Crippen LogP contribution in [0.1, 0.15) is 17.3 Å². The molecule has 0 atom stereocenters. The molecule has 0 spiro atoms. The van der Waals surface area contributed by atoms with Crippen molar-refractivity contribution in [1.29, 1.82) is 0 Å². The number of aromatic nitrogens is 1. The zero-order chi connectivity index (χ0) is 21.1. The van der Waals surface area contributed by atoms with Crippen LogP contribution in [0, 0.1) is 0 Å². The third-order valence-corrected chi connectivity index (χ3v) is 7.07. The second-order valence-electron chi connectivity index (χ2n) is 6.55. The van der Waals surface area contributed by atoms with Crippen LogP contribution in [0.15, 0.2) is 77.7 Å². The molecule has 0 saturated heterocycles. The molecule has 0 fully saturated rings. The third-order valence-electron chi connectivity index (χ3n) is 4.42. The Kier molecular flexibility index (Phi) is 5.63. The number of anilines is 1. The van der Waals surface area contributed by atoms with Crippen LogP contribution in [0.3, 0.4) is 0 Å². The predicted molar refractivity (Wildman–Crippen MR) is 120 cm³/mol. The van der Waals surface area contributed by atoms with E-state index in [0.717, 1.165) is 20.8 Å². The highest BCUT2D eigenvalue weighted by Gasteiger charge is 2.14. The summed E-state index contributed by atoms with van der Waals surface area (Å²) in [5, 5.41) is 3.74. The van der Waals surface area contributed by atoms with Gasteiger partial charge in [-0.05, 0) is 48.5 Å². The summed E-state index contributed by atoms with van der Waals surface area (Å²) in [6.45, 7) is 2.01. The van der Waals surface area contributed by atoms with Crippen LogP contribution in [0.2, 0.25) is 0 Å². The van der Waals surface area contributed by atoms with E-state index in [1.165, 1.54) is 24.3 Å². The number of hydrogen-bond acceptors (Lipinski definition) is 5. The van der Waals surface area contributed by atoms with Crippen molar-refractivity contribution in [3.63, 3.8) is 0 Å². The Morgan fingerprint density at radius 1 is 1.00 bits per heavy atom. The second-order valence-corrected chi connectivity index (χ2v) is 9.34. The molecule has 4 rings (SSSR count). The maximum atomic E-state index is 12.6. The van der Waals surface area contributed by atoms with Gasteiger partial charge < -0.3 is 5.32 Å². The number of carbonyl (C=O) groups is 1. The number of thiazole rings is 1. The minimum absolute atomic E-state index is 0.124. The monoisotopic (exact) mass is 437 g/mol. The smallest absolute Gasteiger partial charge is 0.255 e. The van der Waals surface area contributed by atoms with Gasteiger partial charge in [0.25, 0.3) is 5.91 Å². The predicted octanol–water partition coefficient (Wildman–Crippen LogP) is 4.51. The molecule has 1 aromatic heterocycles. The molecular formula is C22H19N3O3S2. The van der Waals surface area contributed by atoms with Crippen molar-refractivity contribution >= 4 is 43.2 Å². The van der Waals surface area contributed by atoms with Crippen molar-refractivity contribution in [3.05, 3.63) is 78.4 Å². The van der Waals surface area contributed by atoms with Gasteiger partial charge in [0, 0.05) is 23.4 Å². The number of amides is 1. The zero-order valence-corrected chi connectivity index (χ0v) is 17.8. The van der Waals surface area contributed by atoms with Crippen molar-refractivity contribution in [2.24, 2.45) is 0 Å². The molecule has 0 saturated carbocycles. The van der Waals surface area contributed by atoms with Crippen LogP contribution >= 0.6 is 11.3 Å². The Morgan fingerprint density at radius 3 is 2.50 bits per heavy atom. The Labute approximate surface area is 178 Å². The van der Waals surface area contributed by atoms with Crippen molar-refractivity contribution in [1.82, 2.24) is 9.71 Å². The van der Waals surface area contributed by atoms with Crippen molar-refractivity contribution < 1.29 is 13.2 Å².